The topological polar surface area (TPSA) is 69.6 Å². The number of anilines is 1. The first-order valence-corrected chi connectivity index (χ1v) is 6.78. The van der Waals surface area contributed by atoms with Gasteiger partial charge in [-0.25, -0.2) is 4.68 Å². The van der Waals surface area contributed by atoms with E-state index in [4.69, 9.17) is 5.73 Å². The number of tetrazole rings is 1. The molecule has 0 saturated heterocycles. The van der Waals surface area contributed by atoms with E-state index in [9.17, 15) is 0 Å². The Hall–Kier alpha value is -1.91. The summed E-state index contributed by atoms with van der Waals surface area (Å²) in [4.78, 5) is 0. The molecule has 1 aromatic heterocycles. The molecule has 0 radical (unpaired) electrons. The van der Waals surface area contributed by atoms with Crippen LogP contribution < -0.4 is 5.73 Å². The van der Waals surface area contributed by atoms with Crippen LogP contribution in [0.15, 0.2) is 18.2 Å². The van der Waals surface area contributed by atoms with Crippen LogP contribution in [0.4, 0.5) is 5.69 Å². The molecule has 0 amide bonds. The van der Waals surface area contributed by atoms with Gasteiger partial charge in [-0.15, -0.1) is 5.10 Å². The van der Waals surface area contributed by atoms with Gasteiger partial charge in [-0.05, 0) is 41.0 Å². The van der Waals surface area contributed by atoms with E-state index >= 15 is 0 Å². The molecule has 0 spiro atoms. The summed E-state index contributed by atoms with van der Waals surface area (Å²) in [6.45, 7) is 7.29. The average molecular weight is 259 g/mol. The molecule has 19 heavy (non-hydrogen) atoms. The van der Waals surface area contributed by atoms with Crippen LogP contribution in [-0.4, -0.2) is 20.2 Å². The van der Waals surface area contributed by atoms with Gasteiger partial charge in [0.15, 0.2) is 5.82 Å². The number of rotatable bonds is 5. The molecule has 1 aromatic carbocycles. The Kier molecular flexibility index (Phi) is 4.14. The fourth-order valence-corrected chi connectivity index (χ4v) is 2.19. The van der Waals surface area contributed by atoms with Crippen LogP contribution in [0.2, 0.25) is 0 Å². The normalized spacial score (nSPS) is 11.2. The Balaban J connectivity index is 2.36. The van der Waals surface area contributed by atoms with Crippen molar-refractivity contribution in [3.8, 4) is 11.4 Å². The van der Waals surface area contributed by atoms with E-state index in [2.05, 4.69) is 29.4 Å². The number of hydrogen-bond acceptors (Lipinski definition) is 4. The molecule has 0 fully saturated rings. The quantitative estimate of drug-likeness (QED) is 0.838. The minimum atomic E-state index is 0.601. The summed E-state index contributed by atoms with van der Waals surface area (Å²) in [6.07, 6.45) is 2.26. The summed E-state index contributed by atoms with van der Waals surface area (Å²) in [5.41, 5.74) is 8.74. The predicted octanol–water partition coefficient (Wildman–Crippen LogP) is 2.67. The first kappa shape index (κ1) is 13.5. The third kappa shape index (κ3) is 2.92. The highest BCUT2D eigenvalue weighted by Gasteiger charge is 2.14. The first-order valence-electron chi connectivity index (χ1n) is 6.78. The van der Waals surface area contributed by atoms with E-state index in [0.717, 1.165) is 42.0 Å². The number of nitrogen functional groups attached to an aromatic ring is 1. The van der Waals surface area contributed by atoms with Crippen molar-refractivity contribution in [1.82, 2.24) is 20.2 Å². The van der Waals surface area contributed by atoms with Gasteiger partial charge in [0.05, 0.1) is 0 Å². The Bertz CT molecular complexity index is 543. The van der Waals surface area contributed by atoms with Gasteiger partial charge in [0, 0.05) is 17.8 Å². The standard InChI is InChI=1S/C14H21N5/c1-4-11(5-2)9-19-14(16-17-18-19)13-8-12(15)7-6-10(13)3/h6-8,11H,4-5,9,15H2,1-3H3. The summed E-state index contributed by atoms with van der Waals surface area (Å²) in [5.74, 6) is 1.40. The predicted molar refractivity (Wildman–Crippen MR) is 76.5 cm³/mol. The molecule has 0 saturated carbocycles. The lowest BCUT2D eigenvalue weighted by molar-refractivity contribution is 0.392. The van der Waals surface area contributed by atoms with Crippen LogP contribution in [0, 0.1) is 12.8 Å². The summed E-state index contributed by atoms with van der Waals surface area (Å²) in [5, 5.41) is 12.1. The number of nitrogens with two attached hydrogens (primary N) is 1. The van der Waals surface area contributed by atoms with Crippen LogP contribution in [0.5, 0.6) is 0 Å². The molecule has 0 aliphatic rings. The fourth-order valence-electron chi connectivity index (χ4n) is 2.19. The zero-order valence-corrected chi connectivity index (χ0v) is 11.8. The Labute approximate surface area is 113 Å². The zero-order valence-electron chi connectivity index (χ0n) is 11.8. The molecule has 5 nitrogen and oxygen atoms in total. The fraction of sp³-hybridized carbons (Fsp3) is 0.500. The summed E-state index contributed by atoms with van der Waals surface area (Å²) in [6, 6.07) is 5.83. The van der Waals surface area contributed by atoms with Gasteiger partial charge in [-0.3, -0.25) is 0 Å². The maximum absolute atomic E-state index is 5.86. The SMILES string of the molecule is CCC(CC)Cn1nnnc1-c1cc(N)ccc1C. The number of nitrogens with zero attached hydrogens (tertiary/aromatic N) is 4. The Morgan fingerprint density at radius 2 is 2.00 bits per heavy atom. The minimum absolute atomic E-state index is 0.601. The molecule has 0 unspecified atom stereocenters. The highest BCUT2D eigenvalue weighted by Crippen LogP contribution is 2.24. The van der Waals surface area contributed by atoms with Crippen molar-refractivity contribution < 1.29 is 0 Å². The van der Waals surface area contributed by atoms with Gasteiger partial charge in [0.1, 0.15) is 0 Å². The van der Waals surface area contributed by atoms with Crippen molar-refractivity contribution in [2.75, 3.05) is 5.73 Å². The maximum Gasteiger partial charge on any atom is 0.182 e. The number of benzene rings is 1. The van der Waals surface area contributed by atoms with Crippen LogP contribution >= 0.6 is 0 Å². The van der Waals surface area contributed by atoms with Crippen molar-refractivity contribution >= 4 is 5.69 Å². The second-order valence-electron chi connectivity index (χ2n) is 4.94. The second kappa shape index (κ2) is 5.82. The van der Waals surface area contributed by atoms with Crippen molar-refractivity contribution in [2.24, 2.45) is 5.92 Å². The van der Waals surface area contributed by atoms with Crippen LogP contribution in [-0.2, 0) is 6.54 Å². The number of hydrogen-bond donors (Lipinski definition) is 1. The first-order chi connectivity index (χ1) is 9.15. The van der Waals surface area contributed by atoms with Crippen LogP contribution in [0.1, 0.15) is 32.3 Å². The van der Waals surface area contributed by atoms with Crippen molar-refractivity contribution in [1.29, 1.82) is 0 Å². The zero-order chi connectivity index (χ0) is 13.8. The highest BCUT2D eigenvalue weighted by atomic mass is 15.5. The Morgan fingerprint density at radius 1 is 1.26 bits per heavy atom. The average Bonchev–Trinajstić information content (AvgIpc) is 2.86. The maximum atomic E-state index is 5.86. The molecule has 0 aliphatic heterocycles. The molecule has 2 N–H and O–H groups in total. The van der Waals surface area contributed by atoms with Gasteiger partial charge in [0.2, 0.25) is 0 Å². The molecule has 0 atom stereocenters. The van der Waals surface area contributed by atoms with Gasteiger partial charge < -0.3 is 5.73 Å². The lowest BCUT2D eigenvalue weighted by Crippen LogP contribution is -2.12. The number of aryl methyl sites for hydroxylation is 1. The molecular weight excluding hydrogens is 238 g/mol. The molecule has 2 rings (SSSR count). The van der Waals surface area contributed by atoms with E-state index in [1.54, 1.807) is 0 Å². The van der Waals surface area contributed by atoms with Gasteiger partial charge >= 0.3 is 0 Å². The molecular formula is C14H21N5. The minimum Gasteiger partial charge on any atom is -0.399 e. The molecule has 2 aromatic rings. The molecule has 0 aliphatic carbocycles. The Morgan fingerprint density at radius 3 is 2.68 bits per heavy atom. The van der Waals surface area contributed by atoms with E-state index < -0.39 is 0 Å². The lowest BCUT2D eigenvalue weighted by atomic mass is 10.0. The van der Waals surface area contributed by atoms with Gasteiger partial charge in [-0.2, -0.15) is 0 Å². The highest BCUT2D eigenvalue weighted by molar-refractivity contribution is 5.65. The molecule has 5 heteroatoms. The van der Waals surface area contributed by atoms with Gasteiger partial charge in [-0.1, -0.05) is 32.8 Å². The van der Waals surface area contributed by atoms with Crippen LogP contribution in [0.25, 0.3) is 11.4 Å². The largest absolute Gasteiger partial charge is 0.399 e. The smallest absolute Gasteiger partial charge is 0.182 e. The lowest BCUT2D eigenvalue weighted by Gasteiger charge is -2.13. The number of aromatic nitrogens is 4. The molecule has 1 heterocycles. The van der Waals surface area contributed by atoms with Crippen molar-refractivity contribution in [3.05, 3.63) is 23.8 Å². The van der Waals surface area contributed by atoms with E-state index in [0.29, 0.717) is 5.92 Å². The third-order valence-electron chi connectivity index (χ3n) is 3.62. The second-order valence-corrected chi connectivity index (χ2v) is 4.94. The summed E-state index contributed by atoms with van der Waals surface area (Å²) in [7, 11) is 0. The monoisotopic (exact) mass is 259 g/mol. The van der Waals surface area contributed by atoms with Gasteiger partial charge in [0.25, 0.3) is 0 Å². The molecule has 0 bridgehead atoms. The van der Waals surface area contributed by atoms with E-state index in [-0.39, 0.29) is 0 Å². The van der Waals surface area contributed by atoms with E-state index in [1.165, 1.54) is 0 Å². The van der Waals surface area contributed by atoms with Crippen LogP contribution in [0.3, 0.4) is 0 Å². The van der Waals surface area contributed by atoms with E-state index in [1.807, 2.05) is 29.8 Å². The van der Waals surface area contributed by atoms with Crippen molar-refractivity contribution in [2.45, 2.75) is 40.2 Å². The third-order valence-corrected chi connectivity index (χ3v) is 3.62. The molecule has 102 valence electrons. The van der Waals surface area contributed by atoms with Crippen molar-refractivity contribution in [3.63, 3.8) is 0 Å². The summed E-state index contributed by atoms with van der Waals surface area (Å²) >= 11 is 0. The summed E-state index contributed by atoms with van der Waals surface area (Å²) < 4.78 is 1.89.